The Morgan fingerprint density at radius 3 is 2.53 bits per heavy atom. The SMILES string of the molecule is CCCN(CC(=O)O)C(=O)N(C)c1cccc(C)c1. The van der Waals surface area contributed by atoms with Gasteiger partial charge in [-0.2, -0.15) is 0 Å². The summed E-state index contributed by atoms with van der Waals surface area (Å²) >= 11 is 0. The summed E-state index contributed by atoms with van der Waals surface area (Å²) in [7, 11) is 1.65. The molecule has 0 heterocycles. The van der Waals surface area contributed by atoms with Crippen LogP contribution in [0.2, 0.25) is 0 Å². The number of hydrogen-bond acceptors (Lipinski definition) is 2. The molecule has 1 aromatic rings. The number of nitrogens with zero attached hydrogens (tertiary/aromatic N) is 2. The zero-order valence-corrected chi connectivity index (χ0v) is 11.6. The van der Waals surface area contributed by atoms with Crippen molar-refractivity contribution in [2.24, 2.45) is 0 Å². The Balaban J connectivity index is 2.86. The highest BCUT2D eigenvalue weighted by Gasteiger charge is 2.20. The summed E-state index contributed by atoms with van der Waals surface area (Å²) in [5, 5.41) is 8.84. The van der Waals surface area contributed by atoms with Crippen molar-refractivity contribution in [2.75, 3.05) is 25.0 Å². The molecule has 0 spiro atoms. The molecule has 0 saturated carbocycles. The number of carboxylic acids is 1. The lowest BCUT2D eigenvalue weighted by atomic mass is 10.2. The van der Waals surface area contributed by atoms with Gasteiger partial charge in [-0.15, -0.1) is 0 Å². The highest BCUT2D eigenvalue weighted by molar-refractivity contribution is 5.93. The number of carbonyl (C=O) groups is 2. The molecule has 0 unspecified atom stereocenters. The maximum atomic E-state index is 12.3. The van der Waals surface area contributed by atoms with Gasteiger partial charge in [-0.3, -0.25) is 9.69 Å². The molecule has 0 aliphatic rings. The fourth-order valence-corrected chi connectivity index (χ4v) is 1.83. The fourth-order valence-electron chi connectivity index (χ4n) is 1.83. The van der Waals surface area contributed by atoms with Crippen LogP contribution < -0.4 is 4.90 Å². The molecule has 0 saturated heterocycles. The predicted octanol–water partition coefficient (Wildman–Crippen LogP) is 2.35. The largest absolute Gasteiger partial charge is 0.480 e. The Labute approximate surface area is 113 Å². The second kappa shape index (κ2) is 6.78. The first-order valence-corrected chi connectivity index (χ1v) is 6.26. The van der Waals surface area contributed by atoms with Gasteiger partial charge in [-0.05, 0) is 31.0 Å². The summed E-state index contributed by atoms with van der Waals surface area (Å²) < 4.78 is 0. The van der Waals surface area contributed by atoms with E-state index in [4.69, 9.17) is 5.11 Å². The van der Waals surface area contributed by atoms with Crippen LogP contribution >= 0.6 is 0 Å². The smallest absolute Gasteiger partial charge is 0.324 e. The normalized spacial score (nSPS) is 10.1. The first-order valence-electron chi connectivity index (χ1n) is 6.26. The molecule has 0 radical (unpaired) electrons. The Kier molecular flexibility index (Phi) is 5.36. The van der Waals surface area contributed by atoms with E-state index in [9.17, 15) is 9.59 Å². The van der Waals surface area contributed by atoms with E-state index in [1.165, 1.54) is 9.80 Å². The Morgan fingerprint density at radius 2 is 2.00 bits per heavy atom. The van der Waals surface area contributed by atoms with E-state index in [0.29, 0.717) is 6.54 Å². The van der Waals surface area contributed by atoms with Crippen molar-refractivity contribution in [3.05, 3.63) is 29.8 Å². The number of carboxylic acid groups (broad SMARTS) is 1. The summed E-state index contributed by atoms with van der Waals surface area (Å²) in [6.45, 7) is 4.02. The number of urea groups is 1. The van der Waals surface area contributed by atoms with Crippen LogP contribution in [0.15, 0.2) is 24.3 Å². The van der Waals surface area contributed by atoms with Crippen LogP contribution in [-0.2, 0) is 4.79 Å². The third-order valence-corrected chi connectivity index (χ3v) is 2.77. The second-order valence-corrected chi connectivity index (χ2v) is 4.50. The zero-order valence-electron chi connectivity index (χ0n) is 11.6. The van der Waals surface area contributed by atoms with Crippen LogP contribution in [0.25, 0.3) is 0 Å². The highest BCUT2D eigenvalue weighted by atomic mass is 16.4. The van der Waals surface area contributed by atoms with E-state index in [0.717, 1.165) is 17.7 Å². The number of anilines is 1. The van der Waals surface area contributed by atoms with Gasteiger partial charge in [0.25, 0.3) is 0 Å². The molecular weight excluding hydrogens is 244 g/mol. The van der Waals surface area contributed by atoms with Crippen molar-refractivity contribution in [3.8, 4) is 0 Å². The molecule has 104 valence electrons. The van der Waals surface area contributed by atoms with Crippen LogP contribution in [0.5, 0.6) is 0 Å². The first kappa shape index (κ1) is 15.0. The second-order valence-electron chi connectivity index (χ2n) is 4.50. The highest BCUT2D eigenvalue weighted by Crippen LogP contribution is 2.16. The van der Waals surface area contributed by atoms with Gasteiger partial charge in [0, 0.05) is 19.3 Å². The van der Waals surface area contributed by atoms with Gasteiger partial charge in [0.05, 0.1) is 0 Å². The molecule has 0 aliphatic heterocycles. The van der Waals surface area contributed by atoms with Crippen molar-refractivity contribution < 1.29 is 14.7 Å². The Bertz CT molecular complexity index is 460. The molecule has 0 aliphatic carbocycles. The molecule has 2 amide bonds. The quantitative estimate of drug-likeness (QED) is 0.888. The summed E-state index contributed by atoms with van der Waals surface area (Å²) in [6, 6.07) is 7.24. The average molecular weight is 264 g/mol. The fraction of sp³-hybridized carbons (Fsp3) is 0.429. The van der Waals surface area contributed by atoms with E-state index in [2.05, 4.69) is 0 Å². The van der Waals surface area contributed by atoms with E-state index in [1.54, 1.807) is 7.05 Å². The summed E-state index contributed by atoms with van der Waals surface area (Å²) in [6.07, 6.45) is 0.723. The molecule has 0 bridgehead atoms. The summed E-state index contributed by atoms with van der Waals surface area (Å²) in [5.41, 5.74) is 1.81. The maximum absolute atomic E-state index is 12.3. The van der Waals surface area contributed by atoms with Gasteiger partial charge in [-0.25, -0.2) is 4.79 Å². The molecule has 5 nitrogen and oxygen atoms in total. The topological polar surface area (TPSA) is 60.9 Å². The molecule has 0 aromatic heterocycles. The van der Waals surface area contributed by atoms with E-state index in [1.807, 2.05) is 38.1 Å². The standard InChI is InChI=1S/C14H20N2O3/c1-4-8-16(10-13(17)18)14(19)15(3)12-7-5-6-11(2)9-12/h5-7,9H,4,8,10H2,1-3H3,(H,17,18). The van der Waals surface area contributed by atoms with Crippen LogP contribution in [0.3, 0.4) is 0 Å². The molecule has 1 aromatic carbocycles. The molecule has 5 heteroatoms. The third-order valence-electron chi connectivity index (χ3n) is 2.77. The number of rotatable bonds is 5. The lowest BCUT2D eigenvalue weighted by molar-refractivity contribution is -0.137. The zero-order chi connectivity index (χ0) is 14.4. The van der Waals surface area contributed by atoms with Gasteiger partial charge in [0.15, 0.2) is 0 Å². The van der Waals surface area contributed by atoms with E-state index < -0.39 is 5.97 Å². The number of carbonyl (C=O) groups excluding carboxylic acids is 1. The average Bonchev–Trinajstić information content (AvgIpc) is 2.36. The minimum Gasteiger partial charge on any atom is -0.480 e. The van der Waals surface area contributed by atoms with Crippen molar-refractivity contribution in [1.82, 2.24) is 4.90 Å². The van der Waals surface area contributed by atoms with Crippen molar-refractivity contribution in [3.63, 3.8) is 0 Å². The summed E-state index contributed by atoms with van der Waals surface area (Å²) in [5.74, 6) is -1.00. The lowest BCUT2D eigenvalue weighted by Gasteiger charge is -2.27. The Hall–Kier alpha value is -2.04. The number of benzene rings is 1. The van der Waals surface area contributed by atoms with Crippen LogP contribution in [0.4, 0.5) is 10.5 Å². The van der Waals surface area contributed by atoms with Crippen molar-refractivity contribution in [1.29, 1.82) is 0 Å². The maximum Gasteiger partial charge on any atom is 0.324 e. The molecule has 1 rings (SSSR count). The number of aliphatic carboxylic acids is 1. The number of aryl methyl sites for hydroxylation is 1. The lowest BCUT2D eigenvalue weighted by Crippen LogP contribution is -2.44. The van der Waals surface area contributed by atoms with Gasteiger partial charge in [0.2, 0.25) is 0 Å². The molecule has 0 fully saturated rings. The van der Waals surface area contributed by atoms with Gasteiger partial charge < -0.3 is 10.0 Å². The van der Waals surface area contributed by atoms with Crippen LogP contribution in [0.1, 0.15) is 18.9 Å². The predicted molar refractivity (Wildman–Crippen MR) is 74.5 cm³/mol. The van der Waals surface area contributed by atoms with Gasteiger partial charge in [0.1, 0.15) is 6.54 Å². The minimum atomic E-state index is -1.00. The van der Waals surface area contributed by atoms with Gasteiger partial charge >= 0.3 is 12.0 Å². The van der Waals surface area contributed by atoms with Gasteiger partial charge in [-0.1, -0.05) is 19.1 Å². The number of amides is 2. The number of hydrogen-bond donors (Lipinski definition) is 1. The summed E-state index contributed by atoms with van der Waals surface area (Å²) in [4.78, 5) is 25.9. The molecular formula is C14H20N2O3. The minimum absolute atomic E-state index is 0.275. The van der Waals surface area contributed by atoms with Crippen LogP contribution in [-0.4, -0.2) is 42.1 Å². The molecule has 1 N–H and O–H groups in total. The molecule has 19 heavy (non-hydrogen) atoms. The van der Waals surface area contributed by atoms with Crippen molar-refractivity contribution >= 4 is 17.7 Å². The van der Waals surface area contributed by atoms with E-state index in [-0.39, 0.29) is 12.6 Å². The van der Waals surface area contributed by atoms with E-state index >= 15 is 0 Å². The molecule has 0 atom stereocenters. The monoisotopic (exact) mass is 264 g/mol. The third kappa shape index (κ3) is 4.28. The van der Waals surface area contributed by atoms with Crippen LogP contribution in [0, 0.1) is 6.92 Å². The first-order chi connectivity index (χ1) is 8.95. The van der Waals surface area contributed by atoms with Crippen molar-refractivity contribution in [2.45, 2.75) is 20.3 Å². The Morgan fingerprint density at radius 1 is 1.32 bits per heavy atom.